The first kappa shape index (κ1) is 11.9. The number of ketones is 1. The van der Waals surface area contributed by atoms with E-state index in [1.54, 1.807) is 0 Å². The van der Waals surface area contributed by atoms with Crippen LogP contribution >= 0.6 is 0 Å². The largest absolute Gasteiger partial charge is 0.425 e. The summed E-state index contributed by atoms with van der Waals surface area (Å²) in [6.07, 6.45) is 0.831. The van der Waals surface area contributed by atoms with Crippen molar-refractivity contribution < 1.29 is 9.21 Å². The Morgan fingerprint density at radius 3 is 2.40 bits per heavy atom. The zero-order valence-electron chi connectivity index (χ0n) is 9.78. The van der Waals surface area contributed by atoms with Gasteiger partial charge in [0.25, 0.3) is 0 Å². The minimum absolute atomic E-state index is 0.156. The van der Waals surface area contributed by atoms with E-state index in [0.29, 0.717) is 24.1 Å². The summed E-state index contributed by atoms with van der Waals surface area (Å²) >= 11 is 0. The van der Waals surface area contributed by atoms with E-state index >= 15 is 0 Å². The van der Waals surface area contributed by atoms with Crippen LogP contribution < -0.4 is 0 Å². The summed E-state index contributed by atoms with van der Waals surface area (Å²) in [4.78, 5) is 11.5. The normalized spacial score (nSPS) is 11.3. The lowest BCUT2D eigenvalue weighted by atomic mass is 10.1. The second kappa shape index (κ2) is 5.05. The summed E-state index contributed by atoms with van der Waals surface area (Å²) in [6, 6.07) is 0. The molecule has 1 rings (SSSR count). The van der Waals surface area contributed by atoms with E-state index in [9.17, 15) is 4.79 Å². The monoisotopic (exact) mass is 210 g/mol. The van der Waals surface area contributed by atoms with Crippen molar-refractivity contribution in [2.75, 3.05) is 0 Å². The predicted octanol–water partition coefficient (Wildman–Crippen LogP) is 2.35. The molecule has 15 heavy (non-hydrogen) atoms. The van der Waals surface area contributed by atoms with E-state index in [1.807, 2.05) is 27.7 Å². The second-order valence-electron chi connectivity index (χ2n) is 4.50. The maximum absolute atomic E-state index is 11.5. The highest BCUT2D eigenvalue weighted by molar-refractivity contribution is 5.80. The van der Waals surface area contributed by atoms with E-state index in [2.05, 4.69) is 10.2 Å². The fourth-order valence-corrected chi connectivity index (χ4v) is 1.27. The summed E-state index contributed by atoms with van der Waals surface area (Å²) in [7, 11) is 0. The van der Waals surface area contributed by atoms with Crippen LogP contribution in [0.2, 0.25) is 0 Å². The van der Waals surface area contributed by atoms with Gasteiger partial charge in [-0.1, -0.05) is 27.7 Å². The average Bonchev–Trinajstić information content (AvgIpc) is 2.50. The van der Waals surface area contributed by atoms with Crippen LogP contribution in [0.15, 0.2) is 4.42 Å². The zero-order chi connectivity index (χ0) is 11.4. The molecular formula is C11H18N2O2. The number of carbonyl (C=O) groups is 1. The highest BCUT2D eigenvalue weighted by Gasteiger charge is 2.13. The van der Waals surface area contributed by atoms with Crippen molar-refractivity contribution in [1.29, 1.82) is 0 Å². The van der Waals surface area contributed by atoms with E-state index < -0.39 is 0 Å². The number of nitrogens with zero attached hydrogens (tertiary/aromatic N) is 2. The number of hydrogen-bond acceptors (Lipinski definition) is 4. The van der Waals surface area contributed by atoms with Gasteiger partial charge in [-0.2, -0.15) is 0 Å². The summed E-state index contributed by atoms with van der Waals surface area (Å²) in [5.74, 6) is 1.78. The predicted molar refractivity (Wildman–Crippen MR) is 56.6 cm³/mol. The Bertz CT molecular complexity index is 329. The minimum atomic E-state index is 0.156. The fraction of sp³-hybridized carbons (Fsp3) is 0.727. The number of Topliss-reactive ketones (excluding diaryl/α,β-unsaturated/α-hetero) is 1. The van der Waals surface area contributed by atoms with Gasteiger partial charge in [-0.15, -0.1) is 10.2 Å². The lowest BCUT2D eigenvalue weighted by Gasteiger charge is -2.00. The lowest BCUT2D eigenvalue weighted by molar-refractivity contribution is -0.119. The van der Waals surface area contributed by atoms with Crippen molar-refractivity contribution in [2.24, 2.45) is 5.92 Å². The molecule has 1 aromatic heterocycles. The van der Waals surface area contributed by atoms with Gasteiger partial charge >= 0.3 is 0 Å². The lowest BCUT2D eigenvalue weighted by Crippen LogP contribution is -2.06. The molecular weight excluding hydrogens is 192 g/mol. The SMILES string of the molecule is CC(C)CC(=O)Cc1nnc(C(C)C)o1. The molecule has 0 fully saturated rings. The minimum Gasteiger partial charge on any atom is -0.425 e. The van der Waals surface area contributed by atoms with Gasteiger partial charge in [0, 0.05) is 12.3 Å². The van der Waals surface area contributed by atoms with Crippen LogP contribution in [0.25, 0.3) is 0 Å². The standard InChI is InChI=1S/C11H18N2O2/c1-7(2)5-9(14)6-10-12-13-11(15-10)8(3)4/h7-8H,5-6H2,1-4H3. The summed E-state index contributed by atoms with van der Waals surface area (Å²) in [6.45, 7) is 8.00. The highest BCUT2D eigenvalue weighted by Crippen LogP contribution is 2.13. The fourth-order valence-electron chi connectivity index (χ4n) is 1.27. The molecule has 0 saturated carbocycles. The number of hydrogen-bond donors (Lipinski definition) is 0. The molecule has 0 aliphatic heterocycles. The third-order valence-electron chi connectivity index (χ3n) is 1.96. The molecule has 4 nitrogen and oxygen atoms in total. The molecule has 1 aromatic rings. The summed E-state index contributed by atoms with van der Waals surface area (Å²) in [5, 5.41) is 7.73. The molecule has 84 valence electrons. The number of carbonyl (C=O) groups excluding carboxylic acids is 1. The molecule has 0 aliphatic rings. The second-order valence-corrected chi connectivity index (χ2v) is 4.50. The van der Waals surface area contributed by atoms with E-state index in [-0.39, 0.29) is 18.1 Å². The Morgan fingerprint density at radius 2 is 1.93 bits per heavy atom. The molecule has 0 aliphatic carbocycles. The molecule has 4 heteroatoms. The summed E-state index contributed by atoms with van der Waals surface area (Å²) < 4.78 is 5.35. The van der Waals surface area contributed by atoms with Gasteiger partial charge in [0.2, 0.25) is 11.8 Å². The first-order valence-electron chi connectivity index (χ1n) is 5.33. The van der Waals surface area contributed by atoms with Crippen molar-refractivity contribution in [2.45, 2.75) is 46.5 Å². The van der Waals surface area contributed by atoms with Crippen molar-refractivity contribution >= 4 is 5.78 Å². The van der Waals surface area contributed by atoms with E-state index in [0.717, 1.165) is 0 Å². The number of rotatable bonds is 5. The molecule has 0 amide bonds. The highest BCUT2D eigenvalue weighted by atomic mass is 16.4. The molecule has 1 heterocycles. The molecule has 0 aromatic carbocycles. The van der Waals surface area contributed by atoms with Crippen molar-refractivity contribution in [3.8, 4) is 0 Å². The Morgan fingerprint density at radius 1 is 1.27 bits per heavy atom. The Balaban J connectivity index is 2.53. The van der Waals surface area contributed by atoms with Crippen molar-refractivity contribution in [3.63, 3.8) is 0 Å². The third kappa shape index (κ3) is 3.81. The first-order chi connectivity index (χ1) is 6.99. The van der Waals surface area contributed by atoms with Crippen molar-refractivity contribution in [3.05, 3.63) is 11.8 Å². The molecule has 0 N–H and O–H groups in total. The Labute approximate surface area is 90.1 Å². The van der Waals surface area contributed by atoms with E-state index in [4.69, 9.17) is 4.42 Å². The maximum atomic E-state index is 11.5. The third-order valence-corrected chi connectivity index (χ3v) is 1.96. The van der Waals surface area contributed by atoms with Crippen LogP contribution in [-0.4, -0.2) is 16.0 Å². The molecule has 0 atom stereocenters. The topological polar surface area (TPSA) is 56.0 Å². The van der Waals surface area contributed by atoms with Gasteiger partial charge in [0.05, 0.1) is 6.42 Å². The average molecular weight is 210 g/mol. The Kier molecular flexibility index (Phi) is 4.00. The van der Waals surface area contributed by atoms with Gasteiger partial charge in [0.15, 0.2) is 0 Å². The molecule has 0 saturated heterocycles. The van der Waals surface area contributed by atoms with Crippen LogP contribution in [0, 0.1) is 5.92 Å². The van der Waals surface area contributed by atoms with Gasteiger partial charge in [0.1, 0.15) is 5.78 Å². The van der Waals surface area contributed by atoms with Gasteiger partial charge < -0.3 is 4.42 Å². The van der Waals surface area contributed by atoms with Gasteiger partial charge in [-0.25, -0.2) is 0 Å². The maximum Gasteiger partial charge on any atom is 0.223 e. The van der Waals surface area contributed by atoms with Gasteiger partial charge in [-0.05, 0) is 5.92 Å². The van der Waals surface area contributed by atoms with Crippen LogP contribution in [-0.2, 0) is 11.2 Å². The molecule has 0 spiro atoms. The van der Waals surface area contributed by atoms with Crippen LogP contribution in [0.1, 0.15) is 51.8 Å². The summed E-state index contributed by atoms with van der Waals surface area (Å²) in [5.41, 5.74) is 0. The smallest absolute Gasteiger partial charge is 0.223 e. The number of aromatic nitrogens is 2. The first-order valence-corrected chi connectivity index (χ1v) is 5.33. The van der Waals surface area contributed by atoms with Crippen LogP contribution in [0.5, 0.6) is 0 Å². The van der Waals surface area contributed by atoms with Crippen molar-refractivity contribution in [1.82, 2.24) is 10.2 Å². The van der Waals surface area contributed by atoms with Crippen LogP contribution in [0.3, 0.4) is 0 Å². The van der Waals surface area contributed by atoms with Gasteiger partial charge in [-0.3, -0.25) is 4.79 Å². The Hall–Kier alpha value is -1.19. The zero-order valence-corrected chi connectivity index (χ0v) is 9.78. The molecule has 0 bridgehead atoms. The van der Waals surface area contributed by atoms with Crippen LogP contribution in [0.4, 0.5) is 0 Å². The molecule has 0 unspecified atom stereocenters. The quantitative estimate of drug-likeness (QED) is 0.748. The molecule has 0 radical (unpaired) electrons. The van der Waals surface area contributed by atoms with E-state index in [1.165, 1.54) is 0 Å².